The second kappa shape index (κ2) is 3.78. The molecule has 2 heteroatoms. The summed E-state index contributed by atoms with van der Waals surface area (Å²) in [6.07, 6.45) is 7.13. The lowest BCUT2D eigenvalue weighted by Crippen LogP contribution is -2.24. The molecule has 0 amide bonds. The van der Waals surface area contributed by atoms with Crippen LogP contribution in [0.1, 0.15) is 32.3 Å². The second-order valence-electron chi connectivity index (χ2n) is 5.05. The normalized spacial score (nSPS) is 24.7. The van der Waals surface area contributed by atoms with Crippen LogP contribution in [-0.2, 0) is 0 Å². The van der Waals surface area contributed by atoms with Gasteiger partial charge in [0.25, 0.3) is 0 Å². The van der Waals surface area contributed by atoms with Crippen molar-refractivity contribution in [1.82, 2.24) is 4.98 Å². The standard InChI is InChI=1S/C13H17NO/c1-13(2)7-11(6-12(15)8-13)10-4-3-5-14-9-10/h3-6,9,12,15H,7-8H2,1-2H3. The Kier molecular flexibility index (Phi) is 2.61. The first-order valence-electron chi connectivity index (χ1n) is 5.36. The minimum atomic E-state index is -0.316. The average Bonchev–Trinajstić information content (AvgIpc) is 2.16. The van der Waals surface area contributed by atoms with Crippen LogP contribution >= 0.6 is 0 Å². The Bertz CT molecular complexity index is 367. The third-order valence-corrected chi connectivity index (χ3v) is 2.86. The van der Waals surface area contributed by atoms with Crippen molar-refractivity contribution in [2.75, 3.05) is 0 Å². The predicted molar refractivity (Wildman–Crippen MR) is 61.2 cm³/mol. The van der Waals surface area contributed by atoms with E-state index in [2.05, 4.69) is 18.8 Å². The molecule has 0 spiro atoms. The van der Waals surface area contributed by atoms with E-state index in [0.29, 0.717) is 0 Å². The lowest BCUT2D eigenvalue weighted by Gasteiger charge is -2.32. The summed E-state index contributed by atoms with van der Waals surface area (Å²) in [6, 6.07) is 3.98. The van der Waals surface area contributed by atoms with E-state index in [9.17, 15) is 5.11 Å². The monoisotopic (exact) mass is 203 g/mol. The molecule has 1 aromatic rings. The smallest absolute Gasteiger partial charge is 0.0732 e. The third-order valence-electron chi connectivity index (χ3n) is 2.86. The molecule has 1 aliphatic carbocycles. The zero-order valence-electron chi connectivity index (χ0n) is 9.27. The largest absolute Gasteiger partial charge is 0.389 e. The fraction of sp³-hybridized carbons (Fsp3) is 0.462. The van der Waals surface area contributed by atoms with Gasteiger partial charge in [0.05, 0.1) is 6.10 Å². The summed E-state index contributed by atoms with van der Waals surface area (Å²) in [5.41, 5.74) is 2.52. The van der Waals surface area contributed by atoms with Gasteiger partial charge >= 0.3 is 0 Å². The first-order chi connectivity index (χ1) is 7.07. The summed E-state index contributed by atoms with van der Waals surface area (Å²) in [5, 5.41) is 9.78. The highest BCUT2D eigenvalue weighted by molar-refractivity contribution is 5.66. The second-order valence-corrected chi connectivity index (χ2v) is 5.05. The lowest BCUT2D eigenvalue weighted by molar-refractivity contribution is 0.146. The Balaban J connectivity index is 2.30. The van der Waals surface area contributed by atoms with E-state index in [1.807, 2.05) is 24.4 Å². The summed E-state index contributed by atoms with van der Waals surface area (Å²) in [6.45, 7) is 4.39. The van der Waals surface area contributed by atoms with E-state index in [1.54, 1.807) is 6.20 Å². The van der Waals surface area contributed by atoms with E-state index in [1.165, 1.54) is 5.57 Å². The Labute approximate surface area is 90.7 Å². The summed E-state index contributed by atoms with van der Waals surface area (Å²) >= 11 is 0. The van der Waals surface area contributed by atoms with Gasteiger partial charge in [-0.15, -0.1) is 0 Å². The fourth-order valence-electron chi connectivity index (χ4n) is 2.25. The SMILES string of the molecule is CC1(C)CC(c2cccnc2)=CC(O)C1. The van der Waals surface area contributed by atoms with Crippen LogP contribution in [0.15, 0.2) is 30.6 Å². The molecule has 0 fully saturated rings. The van der Waals surface area contributed by atoms with Crippen molar-refractivity contribution < 1.29 is 5.11 Å². The summed E-state index contributed by atoms with van der Waals surface area (Å²) in [4.78, 5) is 4.11. The Morgan fingerprint density at radius 2 is 2.27 bits per heavy atom. The van der Waals surface area contributed by atoms with Gasteiger partial charge in [-0.2, -0.15) is 0 Å². The molecular weight excluding hydrogens is 186 g/mol. The van der Waals surface area contributed by atoms with Crippen LogP contribution < -0.4 is 0 Å². The van der Waals surface area contributed by atoms with Crippen molar-refractivity contribution in [3.63, 3.8) is 0 Å². The van der Waals surface area contributed by atoms with Gasteiger partial charge in [0.1, 0.15) is 0 Å². The Morgan fingerprint density at radius 1 is 1.47 bits per heavy atom. The van der Waals surface area contributed by atoms with Crippen LogP contribution in [-0.4, -0.2) is 16.2 Å². The van der Waals surface area contributed by atoms with E-state index < -0.39 is 0 Å². The topological polar surface area (TPSA) is 33.1 Å². The zero-order valence-corrected chi connectivity index (χ0v) is 9.27. The summed E-state index contributed by atoms with van der Waals surface area (Å²) in [5.74, 6) is 0. The number of aliphatic hydroxyl groups is 1. The van der Waals surface area contributed by atoms with Crippen molar-refractivity contribution in [2.45, 2.75) is 32.8 Å². The first kappa shape index (κ1) is 10.4. The number of allylic oxidation sites excluding steroid dienone is 1. The van der Waals surface area contributed by atoms with Crippen molar-refractivity contribution in [3.8, 4) is 0 Å². The number of hydrogen-bond acceptors (Lipinski definition) is 2. The Hall–Kier alpha value is -1.15. The first-order valence-corrected chi connectivity index (χ1v) is 5.36. The number of aromatic nitrogens is 1. The molecule has 2 nitrogen and oxygen atoms in total. The minimum absolute atomic E-state index is 0.180. The van der Waals surface area contributed by atoms with Gasteiger partial charge in [0, 0.05) is 12.4 Å². The van der Waals surface area contributed by atoms with Crippen molar-refractivity contribution >= 4 is 5.57 Å². The van der Waals surface area contributed by atoms with Crippen LogP contribution in [0, 0.1) is 5.41 Å². The zero-order chi connectivity index (χ0) is 10.9. The van der Waals surface area contributed by atoms with E-state index >= 15 is 0 Å². The summed E-state index contributed by atoms with van der Waals surface area (Å²) in [7, 11) is 0. The van der Waals surface area contributed by atoms with Gasteiger partial charge in [-0.05, 0) is 35.5 Å². The molecule has 2 rings (SSSR count). The molecule has 1 unspecified atom stereocenters. The van der Waals surface area contributed by atoms with E-state index in [0.717, 1.165) is 18.4 Å². The highest BCUT2D eigenvalue weighted by Crippen LogP contribution is 2.39. The van der Waals surface area contributed by atoms with E-state index in [-0.39, 0.29) is 11.5 Å². The average molecular weight is 203 g/mol. The van der Waals surface area contributed by atoms with Crippen molar-refractivity contribution in [2.24, 2.45) is 5.41 Å². The van der Waals surface area contributed by atoms with Crippen LogP contribution in [0.25, 0.3) is 5.57 Å². The molecule has 0 saturated carbocycles. The molecule has 1 aliphatic rings. The molecule has 0 saturated heterocycles. The van der Waals surface area contributed by atoms with Gasteiger partial charge in [-0.1, -0.05) is 26.0 Å². The molecular formula is C13H17NO. The molecule has 1 N–H and O–H groups in total. The molecule has 80 valence electrons. The highest BCUT2D eigenvalue weighted by atomic mass is 16.3. The maximum Gasteiger partial charge on any atom is 0.0732 e. The Morgan fingerprint density at radius 3 is 2.87 bits per heavy atom. The third kappa shape index (κ3) is 2.45. The molecule has 0 aliphatic heterocycles. The van der Waals surface area contributed by atoms with Gasteiger partial charge in [0.15, 0.2) is 0 Å². The van der Waals surface area contributed by atoms with Crippen LogP contribution in [0.2, 0.25) is 0 Å². The maximum absolute atomic E-state index is 9.78. The quantitative estimate of drug-likeness (QED) is 0.761. The fourth-order valence-corrected chi connectivity index (χ4v) is 2.25. The maximum atomic E-state index is 9.78. The minimum Gasteiger partial charge on any atom is -0.389 e. The number of aliphatic hydroxyl groups excluding tert-OH is 1. The molecule has 1 aromatic heterocycles. The number of hydrogen-bond donors (Lipinski definition) is 1. The lowest BCUT2D eigenvalue weighted by atomic mass is 9.75. The number of rotatable bonds is 1. The van der Waals surface area contributed by atoms with Gasteiger partial charge < -0.3 is 5.11 Å². The molecule has 1 heterocycles. The number of nitrogens with zero attached hydrogens (tertiary/aromatic N) is 1. The van der Waals surface area contributed by atoms with Crippen molar-refractivity contribution in [1.29, 1.82) is 0 Å². The van der Waals surface area contributed by atoms with Crippen LogP contribution in [0.5, 0.6) is 0 Å². The van der Waals surface area contributed by atoms with Crippen molar-refractivity contribution in [3.05, 3.63) is 36.2 Å². The van der Waals surface area contributed by atoms with Gasteiger partial charge in [-0.25, -0.2) is 0 Å². The molecule has 15 heavy (non-hydrogen) atoms. The molecule has 0 radical (unpaired) electrons. The summed E-state index contributed by atoms with van der Waals surface area (Å²) < 4.78 is 0. The molecule has 1 atom stereocenters. The molecule has 0 aromatic carbocycles. The highest BCUT2D eigenvalue weighted by Gasteiger charge is 2.27. The van der Waals surface area contributed by atoms with Gasteiger partial charge in [0.2, 0.25) is 0 Å². The van der Waals surface area contributed by atoms with Gasteiger partial charge in [-0.3, -0.25) is 4.98 Å². The number of pyridine rings is 1. The van der Waals surface area contributed by atoms with Crippen LogP contribution in [0.4, 0.5) is 0 Å². The molecule has 0 bridgehead atoms. The van der Waals surface area contributed by atoms with E-state index in [4.69, 9.17) is 0 Å². The van der Waals surface area contributed by atoms with Crippen LogP contribution in [0.3, 0.4) is 0 Å². The predicted octanol–water partition coefficient (Wildman–Crippen LogP) is 2.65.